The van der Waals surface area contributed by atoms with Crippen molar-refractivity contribution in [2.45, 2.75) is 32.5 Å². The van der Waals surface area contributed by atoms with Gasteiger partial charge in [0.15, 0.2) is 0 Å². The molecule has 2 heterocycles. The lowest BCUT2D eigenvalue weighted by atomic mass is 9.91. The van der Waals surface area contributed by atoms with Gasteiger partial charge < -0.3 is 10.2 Å². The molecule has 1 aromatic heterocycles. The zero-order valence-corrected chi connectivity index (χ0v) is 14.2. The molecule has 1 aromatic rings. The zero-order valence-electron chi connectivity index (χ0n) is 14.2. The maximum Gasteiger partial charge on any atom is 0.390 e. The summed E-state index contributed by atoms with van der Waals surface area (Å²) in [4.78, 5) is 18.0. The predicted octanol–water partition coefficient (Wildman–Crippen LogP) is 2.59. The molecule has 1 saturated heterocycles. The van der Waals surface area contributed by atoms with Crippen molar-refractivity contribution in [1.82, 2.24) is 15.2 Å². The summed E-state index contributed by atoms with van der Waals surface area (Å²) >= 11 is 0. The van der Waals surface area contributed by atoms with Crippen molar-refractivity contribution in [2.24, 2.45) is 11.8 Å². The lowest BCUT2D eigenvalue weighted by molar-refractivity contribution is -0.137. The molecular weight excluding hydrogens is 333 g/mol. The van der Waals surface area contributed by atoms with Gasteiger partial charge in [0.2, 0.25) is 0 Å². The number of halogens is 3. The number of likely N-dealkylation sites (tertiary alicyclic amines) is 1. The van der Waals surface area contributed by atoms with Crippen molar-refractivity contribution >= 4 is 5.91 Å². The molecule has 2 rings (SSSR count). The fourth-order valence-corrected chi connectivity index (χ4v) is 3.06. The van der Waals surface area contributed by atoms with E-state index < -0.39 is 12.6 Å². The molecule has 2 atom stereocenters. The van der Waals surface area contributed by atoms with Crippen LogP contribution >= 0.6 is 0 Å². The van der Waals surface area contributed by atoms with Crippen LogP contribution in [0.2, 0.25) is 0 Å². The number of hydrogen-bond acceptors (Lipinski definition) is 4. The van der Waals surface area contributed by atoms with E-state index in [2.05, 4.69) is 10.3 Å². The minimum atomic E-state index is -4.18. The molecule has 1 aliphatic heterocycles. The normalized spacial score (nSPS) is 21.3. The van der Waals surface area contributed by atoms with E-state index in [1.54, 1.807) is 4.90 Å². The Balaban J connectivity index is 2.00. The van der Waals surface area contributed by atoms with Crippen molar-refractivity contribution < 1.29 is 18.0 Å². The molecule has 0 radical (unpaired) electrons. The van der Waals surface area contributed by atoms with Crippen molar-refractivity contribution in [1.29, 1.82) is 5.26 Å². The van der Waals surface area contributed by atoms with E-state index in [1.165, 1.54) is 18.3 Å². The molecule has 136 valence electrons. The van der Waals surface area contributed by atoms with Gasteiger partial charge in [-0.15, -0.1) is 0 Å². The third-order valence-corrected chi connectivity index (χ3v) is 4.47. The quantitative estimate of drug-likeness (QED) is 0.882. The van der Waals surface area contributed by atoms with Gasteiger partial charge in [0.25, 0.3) is 5.91 Å². The highest BCUT2D eigenvalue weighted by atomic mass is 19.4. The maximum absolute atomic E-state index is 12.4. The number of carbonyl (C=O) groups is 1. The summed E-state index contributed by atoms with van der Waals surface area (Å²) in [5.74, 6) is -0.00545. The van der Waals surface area contributed by atoms with Crippen LogP contribution in [0.1, 0.15) is 36.3 Å². The molecule has 8 heteroatoms. The molecule has 0 bridgehead atoms. The summed E-state index contributed by atoms with van der Waals surface area (Å²) in [6.45, 7) is 4.87. The Morgan fingerprint density at radius 3 is 2.68 bits per heavy atom. The SMILES string of the molecule is CC(C)[C@H]1CN(CCC(F)(F)F)C[C@@H]1NC(=O)c1ccc(C#N)nc1. The van der Waals surface area contributed by atoms with E-state index in [-0.39, 0.29) is 36.0 Å². The Bertz CT molecular complexity index is 637. The number of nitrogens with zero attached hydrogens (tertiary/aromatic N) is 3. The van der Waals surface area contributed by atoms with Gasteiger partial charge in [-0.25, -0.2) is 4.98 Å². The number of carbonyl (C=O) groups excluding carboxylic acids is 1. The lowest BCUT2D eigenvalue weighted by Crippen LogP contribution is -2.42. The molecule has 0 aromatic carbocycles. The van der Waals surface area contributed by atoms with E-state index >= 15 is 0 Å². The summed E-state index contributed by atoms with van der Waals surface area (Å²) < 4.78 is 37.3. The number of nitriles is 1. The minimum Gasteiger partial charge on any atom is -0.348 e. The van der Waals surface area contributed by atoms with Crippen LogP contribution in [0.15, 0.2) is 18.3 Å². The van der Waals surface area contributed by atoms with Crippen LogP contribution in [-0.4, -0.2) is 47.6 Å². The summed E-state index contributed by atoms with van der Waals surface area (Å²) in [7, 11) is 0. The number of pyridine rings is 1. The first kappa shape index (κ1) is 19.2. The molecule has 0 aliphatic carbocycles. The Morgan fingerprint density at radius 1 is 1.44 bits per heavy atom. The fraction of sp³-hybridized carbons (Fsp3) is 0.588. The van der Waals surface area contributed by atoms with Crippen LogP contribution in [-0.2, 0) is 0 Å². The number of alkyl halides is 3. The highest BCUT2D eigenvalue weighted by molar-refractivity contribution is 5.94. The maximum atomic E-state index is 12.4. The summed E-state index contributed by atoms with van der Waals surface area (Å²) in [5, 5.41) is 11.6. The van der Waals surface area contributed by atoms with E-state index in [0.717, 1.165) is 0 Å². The molecule has 1 fully saturated rings. The van der Waals surface area contributed by atoms with Crippen LogP contribution in [0.25, 0.3) is 0 Å². The van der Waals surface area contributed by atoms with Crippen molar-refractivity contribution in [3.05, 3.63) is 29.6 Å². The average molecular weight is 354 g/mol. The Hall–Kier alpha value is -2.14. The van der Waals surface area contributed by atoms with Crippen molar-refractivity contribution in [3.63, 3.8) is 0 Å². The van der Waals surface area contributed by atoms with Gasteiger partial charge in [-0.1, -0.05) is 13.8 Å². The van der Waals surface area contributed by atoms with Gasteiger partial charge in [0.1, 0.15) is 11.8 Å². The topological polar surface area (TPSA) is 69.0 Å². The highest BCUT2D eigenvalue weighted by Gasteiger charge is 2.37. The van der Waals surface area contributed by atoms with E-state index in [0.29, 0.717) is 18.7 Å². The van der Waals surface area contributed by atoms with Gasteiger partial charge >= 0.3 is 6.18 Å². The molecule has 1 N–H and O–H groups in total. The second kappa shape index (κ2) is 7.83. The zero-order chi connectivity index (χ0) is 18.6. The number of amides is 1. The molecular formula is C17H21F3N4O. The van der Waals surface area contributed by atoms with Crippen LogP contribution in [0, 0.1) is 23.2 Å². The monoisotopic (exact) mass is 354 g/mol. The van der Waals surface area contributed by atoms with Gasteiger partial charge in [-0.3, -0.25) is 4.79 Å². The number of nitrogens with one attached hydrogen (secondary N) is 1. The number of hydrogen-bond donors (Lipinski definition) is 1. The van der Waals surface area contributed by atoms with Crippen LogP contribution < -0.4 is 5.32 Å². The van der Waals surface area contributed by atoms with E-state index in [4.69, 9.17) is 5.26 Å². The molecule has 25 heavy (non-hydrogen) atoms. The summed E-state index contributed by atoms with van der Waals surface area (Å²) in [5.41, 5.74) is 0.547. The second-order valence-electron chi connectivity index (χ2n) is 6.66. The minimum absolute atomic E-state index is 0.0580. The summed E-state index contributed by atoms with van der Waals surface area (Å²) in [6.07, 6.45) is -3.70. The molecule has 0 spiro atoms. The Kier molecular flexibility index (Phi) is 6.01. The first-order chi connectivity index (χ1) is 11.7. The third kappa shape index (κ3) is 5.43. The number of aromatic nitrogens is 1. The van der Waals surface area contributed by atoms with Gasteiger partial charge in [0.05, 0.1) is 12.0 Å². The third-order valence-electron chi connectivity index (χ3n) is 4.47. The molecule has 0 saturated carbocycles. The highest BCUT2D eigenvalue weighted by Crippen LogP contribution is 2.27. The van der Waals surface area contributed by atoms with Gasteiger partial charge in [0, 0.05) is 31.9 Å². The largest absolute Gasteiger partial charge is 0.390 e. The summed E-state index contributed by atoms with van der Waals surface area (Å²) in [6, 6.07) is 4.64. The Labute approximate surface area is 144 Å². The Morgan fingerprint density at radius 2 is 2.16 bits per heavy atom. The smallest absolute Gasteiger partial charge is 0.348 e. The van der Waals surface area contributed by atoms with Crippen LogP contribution in [0.3, 0.4) is 0 Å². The predicted molar refractivity (Wildman–Crippen MR) is 85.6 cm³/mol. The molecule has 1 aliphatic rings. The van der Waals surface area contributed by atoms with Crippen molar-refractivity contribution in [3.8, 4) is 6.07 Å². The fourth-order valence-electron chi connectivity index (χ4n) is 3.06. The van der Waals surface area contributed by atoms with Gasteiger partial charge in [-0.05, 0) is 24.0 Å². The second-order valence-corrected chi connectivity index (χ2v) is 6.66. The first-order valence-corrected chi connectivity index (χ1v) is 8.15. The van der Waals surface area contributed by atoms with Crippen LogP contribution in [0.5, 0.6) is 0 Å². The van der Waals surface area contributed by atoms with Crippen molar-refractivity contribution in [2.75, 3.05) is 19.6 Å². The molecule has 0 unspecified atom stereocenters. The van der Waals surface area contributed by atoms with E-state index in [9.17, 15) is 18.0 Å². The van der Waals surface area contributed by atoms with Crippen LogP contribution in [0.4, 0.5) is 13.2 Å². The lowest BCUT2D eigenvalue weighted by Gasteiger charge is -2.23. The standard InChI is InChI=1S/C17H21F3N4O/c1-11(2)14-9-24(6-5-17(18,19)20)10-15(14)23-16(25)12-3-4-13(7-21)22-8-12/h3-4,8,11,14-15H,5-6,9-10H2,1-2H3,(H,23,25)/t14-,15+/m1/s1. The average Bonchev–Trinajstić information content (AvgIpc) is 2.95. The molecule has 1 amide bonds. The molecule has 5 nitrogen and oxygen atoms in total. The van der Waals surface area contributed by atoms with E-state index in [1.807, 2.05) is 19.9 Å². The number of rotatable bonds is 5. The first-order valence-electron chi connectivity index (χ1n) is 8.15. The van der Waals surface area contributed by atoms with Gasteiger partial charge in [-0.2, -0.15) is 18.4 Å².